The van der Waals surface area contributed by atoms with E-state index in [1.807, 2.05) is 30.3 Å². The quantitative estimate of drug-likeness (QED) is 0.734. The van der Waals surface area contributed by atoms with Gasteiger partial charge in [-0.15, -0.1) is 0 Å². The second-order valence-corrected chi connectivity index (χ2v) is 6.85. The highest BCUT2D eigenvalue weighted by Gasteiger charge is 2.19. The molecule has 0 unspecified atom stereocenters. The van der Waals surface area contributed by atoms with Gasteiger partial charge in [0.05, 0.1) is 10.4 Å². The van der Waals surface area contributed by atoms with Crippen molar-refractivity contribution in [3.63, 3.8) is 0 Å². The van der Waals surface area contributed by atoms with Crippen molar-refractivity contribution < 1.29 is 8.42 Å². The summed E-state index contributed by atoms with van der Waals surface area (Å²) in [4.78, 5) is 0.314. The highest BCUT2D eigenvalue weighted by atomic mass is 32.2. The van der Waals surface area contributed by atoms with Crippen molar-refractivity contribution in [2.45, 2.75) is 24.7 Å². The fourth-order valence-electron chi connectivity index (χ4n) is 2.61. The van der Waals surface area contributed by atoms with E-state index in [-0.39, 0.29) is 0 Å². The molecule has 0 aliphatic heterocycles. The molecule has 0 N–H and O–H groups in total. The van der Waals surface area contributed by atoms with Crippen LogP contribution < -0.4 is 0 Å². The van der Waals surface area contributed by atoms with E-state index in [1.165, 1.54) is 3.97 Å². The van der Waals surface area contributed by atoms with Crippen LogP contribution in [0.2, 0.25) is 0 Å². The van der Waals surface area contributed by atoms with E-state index in [9.17, 15) is 8.42 Å². The average Bonchev–Trinajstić information content (AvgIpc) is 2.94. The van der Waals surface area contributed by atoms with Crippen LogP contribution in [0.1, 0.15) is 18.9 Å². The van der Waals surface area contributed by atoms with Crippen LogP contribution in [0.3, 0.4) is 0 Å². The molecule has 0 fully saturated rings. The van der Waals surface area contributed by atoms with Gasteiger partial charge < -0.3 is 0 Å². The van der Waals surface area contributed by atoms with Crippen LogP contribution >= 0.6 is 0 Å². The number of para-hydroxylation sites is 1. The number of aryl methyl sites for hydroxylation is 1. The lowest BCUT2D eigenvalue weighted by atomic mass is 10.1. The Bertz CT molecular complexity index is 864. The van der Waals surface area contributed by atoms with E-state index in [0.29, 0.717) is 4.90 Å². The lowest BCUT2D eigenvalue weighted by Gasteiger charge is -2.10. The highest BCUT2D eigenvalue weighted by molar-refractivity contribution is 7.90. The summed E-state index contributed by atoms with van der Waals surface area (Å²) in [6, 6.07) is 16.3. The first-order valence-corrected chi connectivity index (χ1v) is 8.48. The zero-order chi connectivity index (χ0) is 14.9. The van der Waals surface area contributed by atoms with Crippen molar-refractivity contribution in [3.05, 3.63) is 66.4 Å². The van der Waals surface area contributed by atoms with Gasteiger partial charge in [0.15, 0.2) is 0 Å². The molecular weight excluding hydrogens is 282 g/mol. The van der Waals surface area contributed by atoms with Gasteiger partial charge in [-0.3, -0.25) is 0 Å². The molecule has 0 aliphatic carbocycles. The van der Waals surface area contributed by atoms with E-state index < -0.39 is 10.0 Å². The van der Waals surface area contributed by atoms with Gasteiger partial charge in [-0.05, 0) is 30.2 Å². The van der Waals surface area contributed by atoms with Crippen LogP contribution in [0.15, 0.2) is 65.7 Å². The van der Waals surface area contributed by atoms with Crippen molar-refractivity contribution in [2.75, 3.05) is 0 Å². The smallest absolute Gasteiger partial charge is 0.241 e. The Balaban J connectivity index is 2.26. The van der Waals surface area contributed by atoms with E-state index in [1.54, 1.807) is 30.5 Å². The van der Waals surface area contributed by atoms with Crippen LogP contribution in [0.4, 0.5) is 0 Å². The lowest BCUT2D eigenvalue weighted by Crippen LogP contribution is -2.12. The zero-order valence-electron chi connectivity index (χ0n) is 11.9. The SMILES string of the molecule is CCCc1cccc2ccn(S(=O)(=O)c3ccccc3)c12. The summed E-state index contributed by atoms with van der Waals surface area (Å²) >= 11 is 0. The second kappa shape index (κ2) is 5.37. The summed E-state index contributed by atoms with van der Waals surface area (Å²) in [5, 5.41) is 0.959. The number of benzene rings is 2. The summed E-state index contributed by atoms with van der Waals surface area (Å²) in [7, 11) is -3.55. The molecule has 3 nitrogen and oxygen atoms in total. The first-order valence-electron chi connectivity index (χ1n) is 7.04. The largest absolute Gasteiger partial charge is 0.268 e. The molecule has 0 bridgehead atoms. The third-order valence-corrected chi connectivity index (χ3v) is 5.27. The monoisotopic (exact) mass is 299 g/mol. The van der Waals surface area contributed by atoms with Crippen molar-refractivity contribution in [1.82, 2.24) is 3.97 Å². The van der Waals surface area contributed by atoms with Crippen molar-refractivity contribution in [1.29, 1.82) is 0 Å². The minimum absolute atomic E-state index is 0.314. The minimum atomic E-state index is -3.55. The Kier molecular flexibility index (Phi) is 3.55. The molecule has 108 valence electrons. The Morgan fingerprint density at radius 3 is 2.43 bits per heavy atom. The van der Waals surface area contributed by atoms with Gasteiger partial charge in [0.25, 0.3) is 10.0 Å². The van der Waals surface area contributed by atoms with Gasteiger partial charge in [0.2, 0.25) is 0 Å². The fourth-order valence-corrected chi connectivity index (χ4v) is 4.03. The summed E-state index contributed by atoms with van der Waals surface area (Å²) in [6.07, 6.45) is 3.49. The fraction of sp³-hybridized carbons (Fsp3) is 0.176. The standard InChI is InChI=1S/C17H17NO2S/c1-2-7-14-8-6-9-15-12-13-18(17(14)15)21(19,20)16-10-4-3-5-11-16/h3-6,8-13H,2,7H2,1H3. The van der Waals surface area contributed by atoms with E-state index >= 15 is 0 Å². The summed E-state index contributed by atoms with van der Waals surface area (Å²) in [6.45, 7) is 2.10. The third kappa shape index (κ3) is 2.36. The van der Waals surface area contributed by atoms with Crippen molar-refractivity contribution in [3.8, 4) is 0 Å². The molecule has 4 heteroatoms. The Morgan fingerprint density at radius 1 is 0.952 bits per heavy atom. The molecule has 0 amide bonds. The van der Waals surface area contributed by atoms with E-state index in [2.05, 4.69) is 6.92 Å². The van der Waals surface area contributed by atoms with Gasteiger partial charge in [-0.1, -0.05) is 49.7 Å². The molecule has 0 radical (unpaired) electrons. The predicted octanol–water partition coefficient (Wildman–Crippen LogP) is 3.83. The molecule has 0 atom stereocenters. The average molecular weight is 299 g/mol. The maximum atomic E-state index is 12.8. The first kappa shape index (κ1) is 13.9. The number of nitrogens with zero attached hydrogens (tertiary/aromatic N) is 1. The van der Waals surface area contributed by atoms with Crippen LogP contribution in [0.5, 0.6) is 0 Å². The summed E-state index contributed by atoms with van der Waals surface area (Å²) in [5.41, 5.74) is 1.86. The van der Waals surface area contributed by atoms with Gasteiger partial charge in [-0.2, -0.15) is 0 Å². The molecule has 1 heterocycles. The van der Waals surface area contributed by atoms with Crippen molar-refractivity contribution >= 4 is 20.9 Å². The molecule has 0 saturated heterocycles. The first-order chi connectivity index (χ1) is 10.1. The molecule has 21 heavy (non-hydrogen) atoms. The van der Waals surface area contributed by atoms with Gasteiger partial charge in [0, 0.05) is 11.6 Å². The predicted molar refractivity (Wildman–Crippen MR) is 85.0 cm³/mol. The summed E-state index contributed by atoms with van der Waals surface area (Å²) < 4.78 is 27.1. The van der Waals surface area contributed by atoms with E-state index in [0.717, 1.165) is 29.3 Å². The van der Waals surface area contributed by atoms with Crippen LogP contribution in [-0.4, -0.2) is 12.4 Å². The number of hydrogen-bond donors (Lipinski definition) is 0. The second-order valence-electron chi connectivity index (χ2n) is 5.03. The molecule has 1 aromatic heterocycles. The molecular formula is C17H17NO2S. The highest BCUT2D eigenvalue weighted by Crippen LogP contribution is 2.25. The van der Waals surface area contributed by atoms with Crippen LogP contribution in [0, 0.1) is 0 Å². The Morgan fingerprint density at radius 2 is 1.71 bits per heavy atom. The molecule has 3 rings (SSSR count). The van der Waals surface area contributed by atoms with Crippen molar-refractivity contribution in [2.24, 2.45) is 0 Å². The maximum absolute atomic E-state index is 12.8. The topological polar surface area (TPSA) is 39.1 Å². The number of hydrogen-bond acceptors (Lipinski definition) is 2. The minimum Gasteiger partial charge on any atom is -0.241 e. The summed E-state index contributed by atoms with van der Waals surface area (Å²) in [5.74, 6) is 0. The molecule has 0 saturated carbocycles. The molecule has 0 spiro atoms. The molecule has 2 aromatic carbocycles. The van der Waals surface area contributed by atoms with Crippen LogP contribution in [0.25, 0.3) is 10.9 Å². The van der Waals surface area contributed by atoms with Gasteiger partial charge in [-0.25, -0.2) is 12.4 Å². The lowest BCUT2D eigenvalue weighted by molar-refractivity contribution is 0.589. The molecule has 3 aromatic rings. The van der Waals surface area contributed by atoms with Gasteiger partial charge >= 0.3 is 0 Å². The normalized spacial score (nSPS) is 11.9. The number of aromatic nitrogens is 1. The maximum Gasteiger partial charge on any atom is 0.268 e. The molecule has 0 aliphatic rings. The van der Waals surface area contributed by atoms with Gasteiger partial charge in [0.1, 0.15) is 0 Å². The Hall–Kier alpha value is -2.07. The number of fused-ring (bicyclic) bond motifs is 1. The van der Waals surface area contributed by atoms with Crippen LogP contribution in [-0.2, 0) is 16.4 Å². The third-order valence-electron chi connectivity index (χ3n) is 3.58. The zero-order valence-corrected chi connectivity index (χ0v) is 12.7. The Labute approximate surface area is 124 Å². The number of rotatable bonds is 4. The van der Waals surface area contributed by atoms with E-state index in [4.69, 9.17) is 0 Å².